The van der Waals surface area contributed by atoms with E-state index >= 15 is 0 Å². The Morgan fingerprint density at radius 1 is 1.16 bits per heavy atom. The van der Waals surface area contributed by atoms with E-state index in [0.29, 0.717) is 0 Å². The maximum absolute atomic E-state index is 10.7. The Morgan fingerprint density at radius 2 is 1.91 bits per heavy atom. The quantitative estimate of drug-likeness (QED) is 0.380. The first-order valence-electron chi connectivity index (χ1n) is 10.9. The topological polar surface area (TPSA) is 125 Å². The third kappa shape index (κ3) is 4.75. The number of aliphatic hydroxyl groups excluding tert-OH is 3. The largest absolute Gasteiger partial charge is 0.472 e. The van der Waals surface area contributed by atoms with E-state index in [2.05, 4.69) is 0 Å². The fourth-order valence-electron chi connectivity index (χ4n) is 4.44. The molecule has 4 aliphatic rings. The van der Waals surface area contributed by atoms with Crippen molar-refractivity contribution in [3.63, 3.8) is 0 Å². The van der Waals surface area contributed by atoms with Gasteiger partial charge in [0.05, 0.1) is 31.5 Å². The van der Waals surface area contributed by atoms with Gasteiger partial charge in [-0.3, -0.25) is 0 Å². The summed E-state index contributed by atoms with van der Waals surface area (Å²) in [6.07, 6.45) is -1.76. The van der Waals surface area contributed by atoms with Crippen LogP contribution in [0.5, 0.6) is 0 Å². The normalized spacial score (nSPS) is 43.2. The van der Waals surface area contributed by atoms with Gasteiger partial charge in [0.1, 0.15) is 24.4 Å². The Kier molecular flexibility index (Phi) is 6.72. The van der Waals surface area contributed by atoms with Crippen molar-refractivity contribution < 1.29 is 48.5 Å². The lowest BCUT2D eigenvalue weighted by Crippen LogP contribution is -2.65. The van der Waals surface area contributed by atoms with Crippen LogP contribution in [0.25, 0.3) is 0 Å². The van der Waals surface area contributed by atoms with Gasteiger partial charge >= 0.3 is 0 Å². The molecule has 0 aromatic heterocycles. The van der Waals surface area contributed by atoms with E-state index in [0.717, 1.165) is 5.57 Å². The number of hydrogen-bond acceptors (Lipinski definition) is 10. The highest BCUT2D eigenvalue weighted by atomic mass is 16.8. The summed E-state index contributed by atoms with van der Waals surface area (Å²) >= 11 is 0. The molecule has 3 aliphatic heterocycles. The molecule has 3 N–H and O–H groups in total. The summed E-state index contributed by atoms with van der Waals surface area (Å²) < 4.78 is 40.1. The van der Waals surface area contributed by atoms with Crippen LogP contribution in [-0.2, 0) is 33.2 Å². The Hall–Kier alpha value is -1.08. The molecular weight excluding hydrogens is 424 g/mol. The van der Waals surface area contributed by atoms with E-state index in [1.807, 2.05) is 0 Å². The maximum atomic E-state index is 10.7. The zero-order valence-electron chi connectivity index (χ0n) is 19.0. The maximum Gasteiger partial charge on any atom is 0.209 e. The molecule has 32 heavy (non-hydrogen) atoms. The second kappa shape index (κ2) is 8.94. The summed E-state index contributed by atoms with van der Waals surface area (Å²) in [6, 6.07) is 0. The van der Waals surface area contributed by atoms with Crippen LogP contribution >= 0.6 is 0 Å². The first-order chi connectivity index (χ1) is 15.0. The average Bonchev–Trinajstić information content (AvgIpc) is 3.07. The molecule has 10 nitrogen and oxygen atoms in total. The van der Waals surface area contributed by atoms with Crippen LogP contribution in [0.3, 0.4) is 0 Å². The van der Waals surface area contributed by atoms with Crippen molar-refractivity contribution in [3.05, 3.63) is 24.0 Å². The highest BCUT2D eigenvalue weighted by molar-refractivity contribution is 5.25. The minimum absolute atomic E-state index is 0.183. The molecular formula is C22H34O10. The molecule has 0 aromatic carbocycles. The fourth-order valence-corrected chi connectivity index (χ4v) is 4.44. The number of fused-ring (bicyclic) bond motifs is 2. The molecule has 9 atom stereocenters. The summed E-state index contributed by atoms with van der Waals surface area (Å²) in [5, 5.41) is 31.9. The molecule has 0 radical (unpaired) electrons. The van der Waals surface area contributed by atoms with Crippen molar-refractivity contribution in [2.75, 3.05) is 20.3 Å². The summed E-state index contributed by atoms with van der Waals surface area (Å²) in [5.74, 6) is -2.34. The van der Waals surface area contributed by atoms with Gasteiger partial charge in [0.25, 0.3) is 0 Å². The number of ether oxygens (including phenoxy) is 7. The predicted octanol–water partition coefficient (Wildman–Crippen LogP) is 0.404. The summed E-state index contributed by atoms with van der Waals surface area (Å²) in [5.41, 5.74) is 0.789. The minimum atomic E-state index is -1.36. The van der Waals surface area contributed by atoms with Crippen molar-refractivity contribution in [2.45, 2.75) is 82.4 Å². The van der Waals surface area contributed by atoms with E-state index in [1.54, 1.807) is 47.0 Å². The summed E-state index contributed by atoms with van der Waals surface area (Å²) in [6.45, 7) is 7.44. The van der Waals surface area contributed by atoms with Crippen molar-refractivity contribution >= 4 is 0 Å². The molecule has 0 amide bonds. The Balaban J connectivity index is 1.46. The number of hydrogen-bond donors (Lipinski definition) is 3. The fraction of sp³-hybridized carbons (Fsp3) is 0.818. The van der Waals surface area contributed by atoms with Gasteiger partial charge in [-0.25, -0.2) is 0 Å². The van der Waals surface area contributed by atoms with Crippen molar-refractivity contribution in [1.29, 1.82) is 0 Å². The second-order valence-electron chi connectivity index (χ2n) is 9.51. The summed E-state index contributed by atoms with van der Waals surface area (Å²) in [7, 11) is 1.55. The molecule has 2 saturated heterocycles. The second-order valence-corrected chi connectivity index (χ2v) is 9.51. The first kappa shape index (κ1) is 24.1. The minimum Gasteiger partial charge on any atom is -0.472 e. The number of aliphatic hydroxyl groups is 3. The smallest absolute Gasteiger partial charge is 0.209 e. The van der Waals surface area contributed by atoms with Gasteiger partial charge in [-0.15, -0.1) is 0 Å². The van der Waals surface area contributed by atoms with Crippen LogP contribution in [0.15, 0.2) is 24.0 Å². The van der Waals surface area contributed by atoms with E-state index in [1.165, 1.54) is 6.26 Å². The zero-order chi connectivity index (χ0) is 23.3. The molecule has 0 bridgehead atoms. The van der Waals surface area contributed by atoms with E-state index < -0.39 is 54.7 Å². The molecule has 0 saturated carbocycles. The Morgan fingerprint density at radius 3 is 2.62 bits per heavy atom. The van der Waals surface area contributed by atoms with Crippen LogP contribution in [0.2, 0.25) is 0 Å². The predicted molar refractivity (Wildman–Crippen MR) is 109 cm³/mol. The molecule has 0 unspecified atom stereocenters. The van der Waals surface area contributed by atoms with Crippen LogP contribution in [0.4, 0.5) is 0 Å². The van der Waals surface area contributed by atoms with Crippen molar-refractivity contribution in [3.8, 4) is 0 Å². The lowest BCUT2D eigenvalue weighted by atomic mass is 9.88. The number of methoxy groups -OCH3 is 1. The molecule has 2 fully saturated rings. The Labute approximate surface area is 187 Å². The van der Waals surface area contributed by atoms with Gasteiger partial charge in [0.15, 0.2) is 17.9 Å². The highest BCUT2D eigenvalue weighted by Gasteiger charge is 2.53. The van der Waals surface area contributed by atoms with Crippen LogP contribution < -0.4 is 0 Å². The van der Waals surface area contributed by atoms with Crippen LogP contribution in [-0.4, -0.2) is 90.3 Å². The Bertz CT molecular complexity index is 732. The zero-order valence-corrected chi connectivity index (χ0v) is 19.0. The van der Waals surface area contributed by atoms with Crippen molar-refractivity contribution in [2.24, 2.45) is 11.8 Å². The highest BCUT2D eigenvalue weighted by Crippen LogP contribution is 2.42. The third-order valence-corrected chi connectivity index (χ3v) is 6.43. The van der Waals surface area contributed by atoms with Gasteiger partial charge in [0.2, 0.25) is 6.29 Å². The third-order valence-electron chi connectivity index (χ3n) is 6.43. The number of rotatable bonds is 6. The molecule has 0 spiro atoms. The van der Waals surface area contributed by atoms with Crippen molar-refractivity contribution in [1.82, 2.24) is 0 Å². The van der Waals surface area contributed by atoms with Gasteiger partial charge < -0.3 is 48.5 Å². The SMILES string of the molecule is COC(C)(C)OCC1=C[C@@H](O)[C@@H]2C=CO[C@@H](O[C@@H]3O[C@@H]4COC(C)(C)O[C@H]4[C@H](O)[C@H]3O)[C@H]12. The standard InChI is InChI=1S/C22H34O10/c1-21(2,26-5)28-9-11-8-13(23)12-6-7-27-19(15(11)12)31-20-17(25)16(24)18-14(30-20)10-29-22(3,4)32-18/h6-8,12-20,23-25H,9-10H2,1-5H3/t12-,13+,14+,15+,16+,17+,18+,19-,20-/m0/s1. The molecule has 1 aliphatic carbocycles. The average molecular weight is 459 g/mol. The van der Waals surface area contributed by atoms with Gasteiger partial charge in [-0.05, 0) is 39.3 Å². The molecule has 4 rings (SSSR count). The molecule has 0 aromatic rings. The van der Waals surface area contributed by atoms with E-state index in [-0.39, 0.29) is 25.0 Å². The molecule has 3 heterocycles. The van der Waals surface area contributed by atoms with Crippen LogP contribution in [0.1, 0.15) is 27.7 Å². The van der Waals surface area contributed by atoms with E-state index in [9.17, 15) is 15.3 Å². The monoisotopic (exact) mass is 458 g/mol. The van der Waals surface area contributed by atoms with Gasteiger partial charge in [-0.2, -0.15) is 0 Å². The lowest BCUT2D eigenvalue weighted by molar-refractivity contribution is -0.396. The molecule has 182 valence electrons. The van der Waals surface area contributed by atoms with Gasteiger partial charge in [0, 0.05) is 13.0 Å². The summed E-state index contributed by atoms with van der Waals surface area (Å²) in [4.78, 5) is 0. The molecule has 10 heteroatoms. The van der Waals surface area contributed by atoms with E-state index in [4.69, 9.17) is 33.2 Å². The first-order valence-corrected chi connectivity index (χ1v) is 10.9. The van der Waals surface area contributed by atoms with Gasteiger partial charge in [-0.1, -0.05) is 6.08 Å². The lowest BCUT2D eigenvalue weighted by Gasteiger charge is -2.49. The van der Waals surface area contributed by atoms with Crippen LogP contribution in [0, 0.1) is 11.8 Å².